The van der Waals surface area contributed by atoms with Crippen molar-refractivity contribution in [1.29, 1.82) is 0 Å². The van der Waals surface area contributed by atoms with Gasteiger partial charge >= 0.3 is 0 Å². The van der Waals surface area contributed by atoms with Crippen molar-refractivity contribution in [2.45, 2.75) is 18.8 Å². The van der Waals surface area contributed by atoms with E-state index in [4.69, 9.17) is 10.5 Å². The maximum Gasteiger partial charge on any atom is 0.252 e. The van der Waals surface area contributed by atoms with Gasteiger partial charge in [-0.05, 0) is 25.0 Å². The molecule has 0 radical (unpaired) electrons. The lowest BCUT2D eigenvalue weighted by molar-refractivity contribution is 0.100. The van der Waals surface area contributed by atoms with Crippen molar-refractivity contribution >= 4 is 28.3 Å². The Labute approximate surface area is 144 Å². The second-order valence-corrected chi connectivity index (χ2v) is 6.25. The Balaban J connectivity index is 1.92. The molecule has 0 bridgehead atoms. The molecule has 0 spiro atoms. The number of amides is 1. The van der Waals surface area contributed by atoms with Crippen LogP contribution in [0.2, 0.25) is 0 Å². The number of nitrogens with one attached hydrogen (secondary N) is 1. The zero-order valence-corrected chi connectivity index (χ0v) is 14.1. The normalized spacial score (nSPS) is 13.8. The first kappa shape index (κ1) is 15.4. The zero-order valence-electron chi connectivity index (χ0n) is 14.1. The monoisotopic (exact) mass is 337 g/mol. The first-order valence-electron chi connectivity index (χ1n) is 8.15. The maximum absolute atomic E-state index is 12.0. The minimum Gasteiger partial charge on any atom is -0.497 e. The van der Waals surface area contributed by atoms with Gasteiger partial charge in [-0.3, -0.25) is 9.48 Å². The number of carbonyl (C=O) groups is 1. The molecule has 0 unspecified atom stereocenters. The first-order chi connectivity index (χ1) is 12.1. The van der Waals surface area contributed by atoms with Gasteiger partial charge in [0.2, 0.25) is 0 Å². The molecule has 0 saturated heterocycles. The largest absolute Gasteiger partial charge is 0.497 e. The molecule has 2 aromatic heterocycles. The number of methoxy groups -OCH3 is 1. The molecule has 0 atom stereocenters. The molecule has 3 aromatic rings. The number of anilines is 2. The van der Waals surface area contributed by atoms with E-state index in [1.54, 1.807) is 11.8 Å². The number of carbonyl (C=O) groups excluding carboxylic acids is 1. The second kappa shape index (κ2) is 5.77. The van der Waals surface area contributed by atoms with Crippen molar-refractivity contribution in [3.8, 4) is 5.75 Å². The van der Waals surface area contributed by atoms with E-state index >= 15 is 0 Å². The molecule has 4 rings (SSSR count). The van der Waals surface area contributed by atoms with Crippen LogP contribution in [0.3, 0.4) is 0 Å². The molecule has 1 amide bonds. The van der Waals surface area contributed by atoms with Crippen molar-refractivity contribution < 1.29 is 9.53 Å². The molecule has 3 N–H and O–H groups in total. The van der Waals surface area contributed by atoms with Crippen molar-refractivity contribution in [3.05, 3.63) is 41.7 Å². The quantitative estimate of drug-likeness (QED) is 0.746. The van der Waals surface area contributed by atoms with Gasteiger partial charge in [0.25, 0.3) is 5.91 Å². The van der Waals surface area contributed by atoms with Crippen molar-refractivity contribution in [2.75, 3.05) is 12.4 Å². The summed E-state index contributed by atoms with van der Waals surface area (Å²) in [6.07, 6.45) is 3.71. The average molecular weight is 337 g/mol. The molecular formula is C18H19N5O2. The molecule has 0 aliphatic heterocycles. The predicted octanol–water partition coefficient (Wildman–Crippen LogP) is 2.70. The lowest BCUT2D eigenvalue weighted by atomic mass is 10.1. The number of fused-ring (bicyclic) bond motifs is 1. The molecule has 128 valence electrons. The van der Waals surface area contributed by atoms with Crippen LogP contribution in [0.25, 0.3) is 11.0 Å². The smallest absolute Gasteiger partial charge is 0.252 e. The highest BCUT2D eigenvalue weighted by Gasteiger charge is 2.31. The number of pyridine rings is 1. The summed E-state index contributed by atoms with van der Waals surface area (Å²) in [5.41, 5.74) is 9.11. The molecule has 1 aliphatic carbocycles. The van der Waals surface area contributed by atoms with Gasteiger partial charge < -0.3 is 15.8 Å². The Morgan fingerprint density at radius 2 is 2.20 bits per heavy atom. The number of ether oxygens (including phenoxy) is 1. The summed E-state index contributed by atoms with van der Waals surface area (Å²) in [5.74, 6) is 0.620. The number of nitrogens with zero attached hydrogens (tertiary/aromatic N) is 3. The fourth-order valence-electron chi connectivity index (χ4n) is 3.05. The summed E-state index contributed by atoms with van der Waals surface area (Å²) in [6, 6.07) is 7.52. The predicted molar refractivity (Wildman–Crippen MR) is 95.3 cm³/mol. The van der Waals surface area contributed by atoms with E-state index in [-0.39, 0.29) is 0 Å². The molecule has 7 nitrogen and oxygen atoms in total. The Bertz CT molecular complexity index is 975. The van der Waals surface area contributed by atoms with Gasteiger partial charge in [-0.2, -0.15) is 5.10 Å². The van der Waals surface area contributed by atoms with Crippen molar-refractivity contribution in [2.24, 2.45) is 12.8 Å². The van der Waals surface area contributed by atoms with Crippen LogP contribution in [-0.2, 0) is 7.05 Å². The van der Waals surface area contributed by atoms with Crippen LogP contribution in [0, 0.1) is 0 Å². The Kier molecular flexibility index (Phi) is 3.56. The van der Waals surface area contributed by atoms with E-state index in [9.17, 15) is 4.79 Å². The van der Waals surface area contributed by atoms with E-state index in [0.29, 0.717) is 17.2 Å². The topological polar surface area (TPSA) is 95.1 Å². The molecule has 1 aromatic carbocycles. The SMILES string of the molecule is COc1cccc(Nc2c(C(N)=O)cnc3c2c(C2CC2)nn3C)c1. The van der Waals surface area contributed by atoms with Crippen LogP contribution in [0.4, 0.5) is 11.4 Å². The van der Waals surface area contributed by atoms with Crippen LogP contribution in [0.1, 0.15) is 34.8 Å². The Morgan fingerprint density at radius 3 is 2.88 bits per heavy atom. The number of hydrogen-bond acceptors (Lipinski definition) is 5. The van der Waals surface area contributed by atoms with Gasteiger partial charge in [0.1, 0.15) is 5.75 Å². The van der Waals surface area contributed by atoms with Crippen LogP contribution >= 0.6 is 0 Å². The molecule has 1 fully saturated rings. The average Bonchev–Trinajstić information content (AvgIpc) is 3.39. The third kappa shape index (κ3) is 2.67. The lowest BCUT2D eigenvalue weighted by Gasteiger charge is -2.13. The van der Waals surface area contributed by atoms with Crippen molar-refractivity contribution in [1.82, 2.24) is 14.8 Å². The summed E-state index contributed by atoms with van der Waals surface area (Å²) in [5, 5.41) is 8.82. The van der Waals surface area contributed by atoms with Crippen LogP contribution in [-0.4, -0.2) is 27.8 Å². The Morgan fingerprint density at radius 1 is 1.40 bits per heavy atom. The number of aromatic nitrogens is 3. The van der Waals surface area contributed by atoms with E-state index in [1.165, 1.54) is 6.20 Å². The standard InChI is InChI=1S/C18H19N5O2/c1-23-18-14(15(22-23)10-6-7-10)16(13(9-20-18)17(19)24)21-11-4-3-5-12(8-11)25-2/h3-5,8-10H,6-7H2,1-2H3,(H2,19,24)(H,20,21). The number of nitrogens with two attached hydrogens (primary N) is 1. The van der Waals surface area contributed by atoms with Gasteiger partial charge in [0, 0.05) is 30.9 Å². The second-order valence-electron chi connectivity index (χ2n) is 6.25. The lowest BCUT2D eigenvalue weighted by Crippen LogP contribution is -2.14. The van der Waals surface area contributed by atoms with Gasteiger partial charge in [0.05, 0.1) is 29.4 Å². The van der Waals surface area contributed by atoms with Crippen LogP contribution < -0.4 is 15.8 Å². The van der Waals surface area contributed by atoms with E-state index in [2.05, 4.69) is 15.4 Å². The van der Waals surface area contributed by atoms with Gasteiger partial charge in [-0.1, -0.05) is 6.07 Å². The fourth-order valence-corrected chi connectivity index (χ4v) is 3.05. The number of rotatable bonds is 5. The summed E-state index contributed by atoms with van der Waals surface area (Å²) < 4.78 is 7.03. The minimum absolute atomic E-state index is 0.352. The molecule has 7 heteroatoms. The molecule has 1 saturated carbocycles. The summed E-state index contributed by atoms with van der Waals surface area (Å²) >= 11 is 0. The summed E-state index contributed by atoms with van der Waals surface area (Å²) in [4.78, 5) is 16.4. The Hall–Kier alpha value is -3.09. The van der Waals surface area contributed by atoms with Crippen molar-refractivity contribution in [3.63, 3.8) is 0 Å². The zero-order chi connectivity index (χ0) is 17.6. The van der Waals surface area contributed by atoms with E-state index < -0.39 is 5.91 Å². The third-order valence-corrected chi connectivity index (χ3v) is 4.45. The number of primary amides is 1. The highest BCUT2D eigenvalue weighted by Crippen LogP contribution is 2.45. The molecule has 2 heterocycles. The van der Waals surface area contributed by atoms with Crippen LogP contribution in [0.5, 0.6) is 5.75 Å². The van der Waals surface area contributed by atoms with E-state index in [1.807, 2.05) is 31.3 Å². The molecular weight excluding hydrogens is 318 g/mol. The first-order valence-corrected chi connectivity index (χ1v) is 8.15. The fraction of sp³-hybridized carbons (Fsp3) is 0.278. The summed E-state index contributed by atoms with van der Waals surface area (Å²) in [6.45, 7) is 0. The van der Waals surface area contributed by atoms with Gasteiger partial charge in [-0.25, -0.2) is 4.98 Å². The van der Waals surface area contributed by atoms with Gasteiger partial charge in [0.15, 0.2) is 5.65 Å². The minimum atomic E-state index is -0.523. The number of aryl methyl sites for hydroxylation is 1. The highest BCUT2D eigenvalue weighted by molar-refractivity contribution is 6.07. The summed E-state index contributed by atoms with van der Waals surface area (Å²) in [7, 11) is 3.48. The van der Waals surface area contributed by atoms with Gasteiger partial charge in [-0.15, -0.1) is 0 Å². The maximum atomic E-state index is 12.0. The van der Waals surface area contributed by atoms with Crippen LogP contribution in [0.15, 0.2) is 30.5 Å². The highest BCUT2D eigenvalue weighted by atomic mass is 16.5. The number of benzene rings is 1. The third-order valence-electron chi connectivity index (χ3n) is 4.45. The number of hydrogen-bond donors (Lipinski definition) is 2. The molecule has 25 heavy (non-hydrogen) atoms. The molecule has 1 aliphatic rings. The van der Waals surface area contributed by atoms with E-state index in [0.717, 1.165) is 41.0 Å².